The summed E-state index contributed by atoms with van der Waals surface area (Å²) in [6, 6.07) is 14.3. The molecule has 0 aliphatic rings. The number of nitrogens with zero attached hydrogens (tertiary/aromatic N) is 2. The van der Waals surface area contributed by atoms with Crippen LogP contribution in [0.2, 0.25) is 0 Å². The van der Waals surface area contributed by atoms with Crippen molar-refractivity contribution in [1.82, 2.24) is 4.98 Å². The lowest BCUT2D eigenvalue weighted by molar-refractivity contribution is 0.0596. The van der Waals surface area contributed by atoms with Gasteiger partial charge in [0, 0.05) is 11.6 Å². The number of para-hydroxylation sites is 1. The summed E-state index contributed by atoms with van der Waals surface area (Å²) in [5.41, 5.74) is 0.554. The summed E-state index contributed by atoms with van der Waals surface area (Å²) in [7, 11) is -3.02. The second-order valence-corrected chi connectivity index (χ2v) is 6.92. The molecule has 0 fully saturated rings. The number of pyridine rings is 1. The summed E-state index contributed by atoms with van der Waals surface area (Å²) in [6.07, 6.45) is 1.55. The van der Waals surface area contributed by atoms with Gasteiger partial charge in [0.1, 0.15) is 4.90 Å². The lowest BCUT2D eigenvalue weighted by atomic mass is 10.2. The van der Waals surface area contributed by atoms with Crippen LogP contribution < -0.4 is 10.3 Å². The number of fused-ring (bicyclic) bond motifs is 1. The number of aromatic nitrogens is 1. The van der Waals surface area contributed by atoms with E-state index in [0.717, 1.165) is 5.39 Å². The van der Waals surface area contributed by atoms with Gasteiger partial charge < -0.3 is 4.74 Å². The van der Waals surface area contributed by atoms with E-state index in [1.807, 2.05) is 0 Å². The van der Waals surface area contributed by atoms with Crippen molar-refractivity contribution in [2.75, 3.05) is 11.5 Å². The molecule has 0 bridgehead atoms. The molecule has 3 aromatic rings. The van der Waals surface area contributed by atoms with Crippen molar-refractivity contribution in [3.63, 3.8) is 0 Å². The number of hydrazine groups is 1. The van der Waals surface area contributed by atoms with E-state index in [1.54, 1.807) is 42.6 Å². The molecule has 8 heteroatoms. The molecule has 0 aliphatic heterocycles. The van der Waals surface area contributed by atoms with E-state index >= 15 is 0 Å². The molecule has 0 saturated carbocycles. The second-order valence-electron chi connectivity index (χ2n) is 5.14. The number of ether oxygens (including phenoxy) is 1. The highest BCUT2D eigenvalue weighted by atomic mass is 32.2. The van der Waals surface area contributed by atoms with Crippen molar-refractivity contribution in [3.8, 4) is 0 Å². The highest BCUT2D eigenvalue weighted by Crippen LogP contribution is 2.28. The summed E-state index contributed by atoms with van der Waals surface area (Å²) in [6.45, 7) is 0. The predicted octanol–water partition coefficient (Wildman–Crippen LogP) is 2.09. The molecule has 0 amide bonds. The van der Waals surface area contributed by atoms with E-state index in [4.69, 9.17) is 5.84 Å². The van der Waals surface area contributed by atoms with E-state index < -0.39 is 16.0 Å². The first-order chi connectivity index (χ1) is 12.0. The van der Waals surface area contributed by atoms with Crippen LogP contribution in [0.15, 0.2) is 65.7 Å². The molecule has 2 N–H and O–H groups in total. The number of hydrogen-bond acceptors (Lipinski definition) is 6. The summed E-state index contributed by atoms with van der Waals surface area (Å²) >= 11 is 0. The van der Waals surface area contributed by atoms with Crippen LogP contribution in [0, 0.1) is 0 Å². The van der Waals surface area contributed by atoms with Crippen LogP contribution in [0.3, 0.4) is 0 Å². The maximum Gasteiger partial charge on any atom is 0.339 e. The molecule has 0 unspecified atom stereocenters. The van der Waals surface area contributed by atoms with E-state index in [9.17, 15) is 13.2 Å². The van der Waals surface area contributed by atoms with Crippen molar-refractivity contribution >= 4 is 32.6 Å². The van der Waals surface area contributed by atoms with Crippen molar-refractivity contribution in [2.24, 2.45) is 5.84 Å². The fourth-order valence-corrected chi connectivity index (χ4v) is 3.77. The molecule has 0 atom stereocenters. The molecule has 0 saturated heterocycles. The maximum atomic E-state index is 13.0. The van der Waals surface area contributed by atoms with E-state index in [2.05, 4.69) is 9.72 Å². The molecular formula is C17H15N3O4S. The average molecular weight is 357 g/mol. The Balaban J connectivity index is 2.17. The average Bonchev–Trinajstić information content (AvgIpc) is 2.66. The van der Waals surface area contributed by atoms with Gasteiger partial charge in [0.25, 0.3) is 10.0 Å². The topological polar surface area (TPSA) is 103 Å². The third kappa shape index (κ3) is 2.92. The Morgan fingerprint density at radius 3 is 2.56 bits per heavy atom. The van der Waals surface area contributed by atoms with Gasteiger partial charge >= 0.3 is 5.97 Å². The van der Waals surface area contributed by atoms with Gasteiger partial charge in [-0.2, -0.15) is 12.8 Å². The van der Waals surface area contributed by atoms with Crippen LogP contribution in [0.25, 0.3) is 10.9 Å². The Hall–Kier alpha value is -2.97. The van der Waals surface area contributed by atoms with Crippen LogP contribution in [-0.4, -0.2) is 26.5 Å². The molecule has 1 heterocycles. The van der Waals surface area contributed by atoms with Crippen molar-refractivity contribution < 1.29 is 17.9 Å². The largest absolute Gasteiger partial charge is 0.465 e. The zero-order valence-electron chi connectivity index (χ0n) is 13.3. The summed E-state index contributed by atoms with van der Waals surface area (Å²) in [5.74, 6) is 5.17. The number of hydrogen-bond donors (Lipinski definition) is 1. The first kappa shape index (κ1) is 16.9. The van der Waals surface area contributed by atoms with Gasteiger partial charge in [-0.25, -0.2) is 10.6 Å². The number of carbonyl (C=O) groups is 1. The number of sulfonamides is 1. The van der Waals surface area contributed by atoms with Crippen LogP contribution in [0.4, 0.5) is 5.69 Å². The van der Waals surface area contributed by atoms with E-state index in [-0.39, 0.29) is 16.1 Å². The molecule has 25 heavy (non-hydrogen) atoms. The van der Waals surface area contributed by atoms with Gasteiger partial charge in [-0.3, -0.25) is 4.98 Å². The summed E-state index contributed by atoms with van der Waals surface area (Å²) < 4.78 is 31.2. The number of rotatable bonds is 4. The normalized spacial score (nSPS) is 11.3. The molecule has 0 radical (unpaired) electrons. The van der Waals surface area contributed by atoms with Gasteiger partial charge in [0.2, 0.25) is 0 Å². The molecule has 128 valence electrons. The molecule has 0 spiro atoms. The Morgan fingerprint density at radius 2 is 1.80 bits per heavy atom. The number of esters is 1. The smallest absolute Gasteiger partial charge is 0.339 e. The third-order valence-corrected chi connectivity index (χ3v) is 5.30. The number of methoxy groups -OCH3 is 1. The van der Waals surface area contributed by atoms with Gasteiger partial charge in [0.05, 0.1) is 23.9 Å². The van der Waals surface area contributed by atoms with Gasteiger partial charge in [-0.05, 0) is 24.3 Å². The zero-order valence-corrected chi connectivity index (χ0v) is 14.1. The monoisotopic (exact) mass is 357 g/mol. The molecule has 7 nitrogen and oxygen atoms in total. The Morgan fingerprint density at radius 1 is 1.08 bits per heavy atom. The number of anilines is 1. The maximum absolute atomic E-state index is 13.0. The van der Waals surface area contributed by atoms with E-state index in [1.165, 1.54) is 25.3 Å². The molecule has 3 rings (SSSR count). The summed E-state index contributed by atoms with van der Waals surface area (Å²) in [5, 5.41) is 0.743. The van der Waals surface area contributed by atoms with Gasteiger partial charge in [-0.15, -0.1) is 0 Å². The van der Waals surface area contributed by atoms with Crippen molar-refractivity contribution in [2.45, 2.75) is 4.90 Å². The minimum atomic E-state index is -4.20. The summed E-state index contributed by atoms with van der Waals surface area (Å²) in [4.78, 5) is 15.9. The Bertz CT molecular complexity index is 1050. The van der Waals surface area contributed by atoms with Crippen molar-refractivity contribution in [1.29, 1.82) is 0 Å². The third-order valence-electron chi connectivity index (χ3n) is 3.68. The molecular weight excluding hydrogens is 342 g/mol. The fraction of sp³-hybridized carbons (Fsp3) is 0.0588. The lowest BCUT2D eigenvalue weighted by Gasteiger charge is -2.21. The fourth-order valence-electron chi connectivity index (χ4n) is 2.47. The molecule has 1 aromatic heterocycles. The molecule has 2 aromatic carbocycles. The molecule has 0 aliphatic carbocycles. The van der Waals surface area contributed by atoms with Crippen LogP contribution in [-0.2, 0) is 14.8 Å². The second kappa shape index (κ2) is 6.50. The van der Waals surface area contributed by atoms with Crippen LogP contribution in [0.5, 0.6) is 0 Å². The minimum absolute atomic E-state index is 0.0892. The Labute approximate surface area is 144 Å². The van der Waals surface area contributed by atoms with Crippen LogP contribution >= 0.6 is 0 Å². The SMILES string of the molecule is COC(=O)c1ccccc1S(=O)(=O)N(N)c1cccc2cccnc12. The van der Waals surface area contributed by atoms with E-state index in [0.29, 0.717) is 9.93 Å². The lowest BCUT2D eigenvalue weighted by Crippen LogP contribution is -2.38. The number of carbonyl (C=O) groups excluding carboxylic acids is 1. The van der Waals surface area contributed by atoms with Gasteiger partial charge in [-0.1, -0.05) is 30.3 Å². The number of benzene rings is 2. The standard InChI is InChI=1S/C17H15N3O4S/c1-24-17(21)13-8-2-3-10-15(13)25(22,23)20(18)14-9-4-6-12-7-5-11-19-16(12)14/h2-11H,18H2,1H3. The van der Waals surface area contributed by atoms with Crippen LogP contribution in [0.1, 0.15) is 10.4 Å². The predicted molar refractivity (Wildman–Crippen MR) is 93.4 cm³/mol. The first-order valence-corrected chi connectivity index (χ1v) is 8.72. The van der Waals surface area contributed by atoms with Crippen molar-refractivity contribution in [3.05, 3.63) is 66.4 Å². The quantitative estimate of drug-likeness (QED) is 0.436. The highest BCUT2D eigenvalue weighted by molar-refractivity contribution is 7.92. The first-order valence-electron chi connectivity index (χ1n) is 7.28. The minimum Gasteiger partial charge on any atom is -0.465 e. The zero-order chi connectivity index (χ0) is 18.0. The highest BCUT2D eigenvalue weighted by Gasteiger charge is 2.29. The Kier molecular flexibility index (Phi) is 4.39. The number of nitrogens with two attached hydrogens (primary N) is 1. The van der Waals surface area contributed by atoms with Gasteiger partial charge in [0.15, 0.2) is 0 Å².